The van der Waals surface area contributed by atoms with Crippen LogP contribution in [-0.2, 0) is 6.42 Å². The van der Waals surface area contributed by atoms with Gasteiger partial charge in [0.05, 0.1) is 0 Å². The van der Waals surface area contributed by atoms with E-state index in [1.54, 1.807) is 0 Å². The summed E-state index contributed by atoms with van der Waals surface area (Å²) >= 11 is 0. The Morgan fingerprint density at radius 1 is 1.50 bits per heavy atom. The van der Waals surface area contributed by atoms with Crippen LogP contribution in [0.5, 0.6) is 0 Å². The molecule has 0 aliphatic carbocycles. The van der Waals surface area contributed by atoms with Gasteiger partial charge in [0.1, 0.15) is 5.82 Å². The maximum absolute atomic E-state index is 4.10. The van der Waals surface area contributed by atoms with Crippen molar-refractivity contribution in [2.24, 2.45) is 0 Å². The molecule has 0 aromatic carbocycles. The lowest BCUT2D eigenvalue weighted by Crippen LogP contribution is -1.84. The number of nitrogens with zero attached hydrogens (tertiary/aromatic N) is 2. The van der Waals surface area contributed by atoms with E-state index in [-0.39, 0.29) is 0 Å². The van der Waals surface area contributed by atoms with Gasteiger partial charge < -0.3 is 4.57 Å². The summed E-state index contributed by atoms with van der Waals surface area (Å²) in [5.74, 6) is 1.14. The number of aromatic nitrogens is 2. The zero-order valence-corrected chi connectivity index (χ0v) is 6.41. The third kappa shape index (κ3) is 1.10. The van der Waals surface area contributed by atoms with E-state index in [1.807, 2.05) is 37.0 Å². The minimum absolute atomic E-state index is 0.993. The maximum Gasteiger partial charge on any atom is 0.116 e. The van der Waals surface area contributed by atoms with Crippen molar-refractivity contribution in [3.05, 3.63) is 24.3 Å². The van der Waals surface area contributed by atoms with Crippen molar-refractivity contribution in [3.8, 4) is 0 Å². The highest BCUT2D eigenvalue weighted by atomic mass is 15.1. The lowest BCUT2D eigenvalue weighted by Gasteiger charge is -1.85. The predicted molar refractivity (Wildman–Crippen MR) is 42.6 cm³/mol. The van der Waals surface area contributed by atoms with E-state index in [0.717, 1.165) is 12.2 Å². The molecule has 0 radical (unpaired) electrons. The first-order valence-electron chi connectivity index (χ1n) is 3.65. The molecule has 2 nitrogen and oxygen atoms in total. The second-order valence-electron chi connectivity index (χ2n) is 1.84. The Labute approximate surface area is 61.2 Å². The molecular formula is C8H12N2. The summed E-state index contributed by atoms with van der Waals surface area (Å²) in [7, 11) is 0. The van der Waals surface area contributed by atoms with Gasteiger partial charge >= 0.3 is 0 Å². The fourth-order valence-electron chi connectivity index (χ4n) is 0.909. The third-order valence-corrected chi connectivity index (χ3v) is 1.32. The second kappa shape index (κ2) is 3.20. The van der Waals surface area contributed by atoms with Crippen LogP contribution in [-0.4, -0.2) is 9.55 Å². The van der Waals surface area contributed by atoms with Crippen LogP contribution in [0.4, 0.5) is 0 Å². The Morgan fingerprint density at radius 3 is 3.00 bits per heavy atom. The molecule has 0 bridgehead atoms. The normalized spacial score (nSPS) is 12.2. The minimum atomic E-state index is 0.993. The molecule has 0 amide bonds. The molecule has 0 fully saturated rings. The number of hydrogen-bond acceptors (Lipinski definition) is 1. The van der Waals surface area contributed by atoms with Crippen LogP contribution in [0.25, 0.3) is 6.20 Å². The lowest BCUT2D eigenvalue weighted by molar-refractivity contribution is 1.02. The summed E-state index contributed by atoms with van der Waals surface area (Å²) in [6.07, 6.45) is 8.90. The highest BCUT2D eigenvalue weighted by Crippen LogP contribution is 2.06. The van der Waals surface area contributed by atoms with E-state index >= 15 is 0 Å². The van der Waals surface area contributed by atoms with Crippen molar-refractivity contribution < 1.29 is 0 Å². The lowest BCUT2D eigenvalue weighted by atomic mass is 10.4. The summed E-state index contributed by atoms with van der Waals surface area (Å²) in [5.41, 5.74) is 0. The molecule has 0 unspecified atom stereocenters. The molecule has 54 valence electrons. The standard InChI is InChI=1S/C6H6N2.C2H6/c1-2-6-7-3-5-8(6)4-1;1-2/h1,3-5H,2H2;1-2H3. The summed E-state index contributed by atoms with van der Waals surface area (Å²) in [6.45, 7) is 4.00. The number of imidazole rings is 1. The fraction of sp³-hybridized carbons (Fsp3) is 0.375. The van der Waals surface area contributed by atoms with E-state index in [2.05, 4.69) is 11.1 Å². The van der Waals surface area contributed by atoms with Crippen LogP contribution < -0.4 is 0 Å². The molecule has 2 heterocycles. The minimum Gasteiger partial charge on any atom is -0.311 e. The topological polar surface area (TPSA) is 17.8 Å². The largest absolute Gasteiger partial charge is 0.311 e. The van der Waals surface area contributed by atoms with Crippen molar-refractivity contribution in [1.82, 2.24) is 9.55 Å². The zero-order valence-electron chi connectivity index (χ0n) is 6.41. The molecule has 0 saturated carbocycles. The quantitative estimate of drug-likeness (QED) is 0.533. The van der Waals surface area contributed by atoms with Crippen molar-refractivity contribution in [1.29, 1.82) is 0 Å². The number of hydrogen-bond donors (Lipinski definition) is 0. The first-order chi connectivity index (χ1) is 4.97. The molecule has 1 aromatic rings. The smallest absolute Gasteiger partial charge is 0.116 e. The fourth-order valence-corrected chi connectivity index (χ4v) is 0.909. The van der Waals surface area contributed by atoms with Gasteiger partial charge in [-0.25, -0.2) is 4.98 Å². The molecule has 0 atom stereocenters. The van der Waals surface area contributed by atoms with Crippen LogP contribution in [0.2, 0.25) is 0 Å². The highest BCUT2D eigenvalue weighted by molar-refractivity contribution is 5.32. The third-order valence-electron chi connectivity index (χ3n) is 1.32. The average molecular weight is 136 g/mol. The summed E-state index contributed by atoms with van der Waals surface area (Å²) in [6, 6.07) is 0. The first-order valence-corrected chi connectivity index (χ1v) is 3.65. The van der Waals surface area contributed by atoms with Crippen LogP contribution in [0.1, 0.15) is 19.7 Å². The monoisotopic (exact) mass is 136 g/mol. The number of fused-ring (bicyclic) bond motifs is 1. The van der Waals surface area contributed by atoms with Gasteiger partial charge in [0.2, 0.25) is 0 Å². The molecule has 1 aromatic heterocycles. The molecule has 1 aliphatic rings. The summed E-state index contributed by atoms with van der Waals surface area (Å²) in [5, 5.41) is 0. The Kier molecular flexibility index (Phi) is 2.26. The molecule has 2 rings (SSSR count). The highest BCUT2D eigenvalue weighted by Gasteiger charge is 2.01. The van der Waals surface area contributed by atoms with E-state index in [4.69, 9.17) is 0 Å². The molecule has 0 saturated heterocycles. The van der Waals surface area contributed by atoms with E-state index in [1.165, 1.54) is 0 Å². The first kappa shape index (κ1) is 7.06. The molecule has 2 heteroatoms. The van der Waals surface area contributed by atoms with Gasteiger partial charge in [-0.1, -0.05) is 19.9 Å². The molecular weight excluding hydrogens is 124 g/mol. The SMILES string of the molecule is C1=Cn2ccnc2C1.CC. The van der Waals surface area contributed by atoms with Gasteiger partial charge in [-0.2, -0.15) is 0 Å². The van der Waals surface area contributed by atoms with E-state index in [9.17, 15) is 0 Å². The van der Waals surface area contributed by atoms with Gasteiger partial charge in [0.25, 0.3) is 0 Å². The van der Waals surface area contributed by atoms with Crippen molar-refractivity contribution in [2.75, 3.05) is 0 Å². The molecule has 0 N–H and O–H groups in total. The van der Waals surface area contributed by atoms with Gasteiger partial charge in [-0.3, -0.25) is 0 Å². The zero-order chi connectivity index (χ0) is 7.40. The number of allylic oxidation sites excluding steroid dienone is 1. The van der Waals surface area contributed by atoms with Gasteiger partial charge in [0, 0.05) is 25.0 Å². The molecule has 0 spiro atoms. The predicted octanol–water partition coefficient (Wildman–Crippen LogP) is 1.94. The van der Waals surface area contributed by atoms with E-state index < -0.39 is 0 Å². The van der Waals surface area contributed by atoms with Gasteiger partial charge in [-0.05, 0) is 0 Å². The van der Waals surface area contributed by atoms with Crippen LogP contribution >= 0.6 is 0 Å². The van der Waals surface area contributed by atoms with Gasteiger partial charge in [-0.15, -0.1) is 0 Å². The maximum atomic E-state index is 4.10. The Hall–Kier alpha value is -1.05. The Morgan fingerprint density at radius 2 is 2.30 bits per heavy atom. The van der Waals surface area contributed by atoms with Gasteiger partial charge in [0.15, 0.2) is 0 Å². The van der Waals surface area contributed by atoms with Crippen LogP contribution in [0.15, 0.2) is 18.5 Å². The second-order valence-corrected chi connectivity index (χ2v) is 1.84. The van der Waals surface area contributed by atoms with Crippen molar-refractivity contribution in [3.63, 3.8) is 0 Å². The van der Waals surface area contributed by atoms with E-state index in [0.29, 0.717) is 0 Å². The number of rotatable bonds is 0. The van der Waals surface area contributed by atoms with Crippen LogP contribution in [0.3, 0.4) is 0 Å². The van der Waals surface area contributed by atoms with Crippen LogP contribution in [0, 0.1) is 0 Å². The summed E-state index contributed by atoms with van der Waals surface area (Å²) < 4.78 is 2.03. The van der Waals surface area contributed by atoms with Crippen molar-refractivity contribution in [2.45, 2.75) is 20.3 Å². The Balaban J connectivity index is 0.000000231. The Bertz CT molecular complexity index is 223. The molecule has 10 heavy (non-hydrogen) atoms. The van der Waals surface area contributed by atoms with Crippen molar-refractivity contribution >= 4 is 6.20 Å². The molecule has 1 aliphatic heterocycles. The summed E-state index contributed by atoms with van der Waals surface area (Å²) in [4.78, 5) is 4.10. The average Bonchev–Trinajstić information content (AvgIpc) is 2.49.